The molecule has 1 saturated carbocycles. The maximum atomic E-state index is 5.83. The Labute approximate surface area is 92.0 Å². The van der Waals surface area contributed by atoms with Crippen LogP contribution in [0, 0.1) is 6.92 Å². The summed E-state index contributed by atoms with van der Waals surface area (Å²) in [5, 5.41) is 0. The van der Waals surface area contributed by atoms with Gasteiger partial charge in [0.2, 0.25) is 0 Å². The van der Waals surface area contributed by atoms with Gasteiger partial charge in [0, 0.05) is 5.69 Å². The molecule has 0 aliphatic heterocycles. The second-order valence-corrected chi connectivity index (χ2v) is 3.77. The van der Waals surface area contributed by atoms with Gasteiger partial charge in [0.1, 0.15) is 0 Å². The lowest BCUT2D eigenvalue weighted by Gasteiger charge is -2.16. The van der Waals surface area contributed by atoms with E-state index < -0.39 is 0 Å². The minimum Gasteiger partial charge on any atom is -0.398 e. The standard InChI is InChI=1S/C12H15N.CH5N/c1-9-5-6-11(8-12(9)13)7-10-3-2-4-10;1-2/h5-8H,2-4,13H2,1H3;2H2,1H3. The van der Waals surface area contributed by atoms with E-state index in [4.69, 9.17) is 5.73 Å². The summed E-state index contributed by atoms with van der Waals surface area (Å²) >= 11 is 0. The molecule has 4 N–H and O–H groups in total. The molecule has 0 heterocycles. The van der Waals surface area contributed by atoms with Crippen LogP contribution in [0.3, 0.4) is 0 Å². The molecular weight excluding hydrogens is 184 g/mol. The highest BCUT2D eigenvalue weighted by Crippen LogP contribution is 2.28. The number of benzene rings is 1. The topological polar surface area (TPSA) is 52.0 Å². The van der Waals surface area contributed by atoms with E-state index in [-0.39, 0.29) is 0 Å². The minimum absolute atomic E-state index is 0.897. The third kappa shape index (κ3) is 3.10. The Morgan fingerprint density at radius 3 is 2.33 bits per heavy atom. The summed E-state index contributed by atoms with van der Waals surface area (Å²) in [6.07, 6.45) is 6.16. The summed E-state index contributed by atoms with van der Waals surface area (Å²) in [5.41, 5.74) is 15.2. The van der Waals surface area contributed by atoms with Crippen LogP contribution in [0.5, 0.6) is 0 Å². The molecule has 1 aromatic rings. The number of nitrogen functional groups attached to an aromatic ring is 1. The monoisotopic (exact) mass is 204 g/mol. The molecule has 82 valence electrons. The van der Waals surface area contributed by atoms with Gasteiger partial charge in [0.05, 0.1) is 0 Å². The minimum atomic E-state index is 0.897. The first-order valence-corrected chi connectivity index (χ1v) is 5.39. The molecular formula is C13H20N2. The average Bonchev–Trinajstić information content (AvgIpc) is 2.20. The Balaban J connectivity index is 0.000000531. The van der Waals surface area contributed by atoms with Crippen molar-refractivity contribution in [2.75, 3.05) is 12.8 Å². The Hall–Kier alpha value is -1.28. The number of hydrogen-bond acceptors (Lipinski definition) is 2. The van der Waals surface area contributed by atoms with Gasteiger partial charge >= 0.3 is 0 Å². The lowest BCUT2D eigenvalue weighted by Crippen LogP contribution is -1.96. The van der Waals surface area contributed by atoms with Crippen LogP contribution >= 0.6 is 0 Å². The van der Waals surface area contributed by atoms with Crippen molar-refractivity contribution in [3.63, 3.8) is 0 Å². The Morgan fingerprint density at radius 1 is 1.20 bits per heavy atom. The van der Waals surface area contributed by atoms with E-state index in [1.54, 1.807) is 5.57 Å². The number of aryl methyl sites for hydroxylation is 1. The normalized spacial score (nSPS) is 13.7. The van der Waals surface area contributed by atoms with E-state index in [1.807, 2.05) is 6.92 Å². The van der Waals surface area contributed by atoms with Crippen molar-refractivity contribution in [1.82, 2.24) is 0 Å². The van der Waals surface area contributed by atoms with E-state index in [2.05, 4.69) is 30.0 Å². The van der Waals surface area contributed by atoms with Gasteiger partial charge in [-0.25, -0.2) is 0 Å². The van der Waals surface area contributed by atoms with E-state index >= 15 is 0 Å². The van der Waals surface area contributed by atoms with Crippen LogP contribution in [0.25, 0.3) is 6.08 Å². The molecule has 0 amide bonds. The number of anilines is 1. The van der Waals surface area contributed by atoms with Gasteiger partial charge in [-0.3, -0.25) is 0 Å². The Kier molecular flexibility index (Phi) is 4.37. The fraction of sp³-hybridized carbons (Fsp3) is 0.385. The fourth-order valence-electron chi connectivity index (χ4n) is 1.51. The number of nitrogens with two attached hydrogens (primary N) is 2. The highest BCUT2D eigenvalue weighted by molar-refractivity contribution is 5.61. The molecule has 15 heavy (non-hydrogen) atoms. The van der Waals surface area contributed by atoms with Gasteiger partial charge in [-0.1, -0.05) is 23.8 Å². The van der Waals surface area contributed by atoms with Crippen molar-refractivity contribution in [1.29, 1.82) is 0 Å². The predicted molar refractivity (Wildman–Crippen MR) is 67.5 cm³/mol. The number of rotatable bonds is 1. The maximum Gasteiger partial charge on any atom is 0.0349 e. The lowest BCUT2D eigenvalue weighted by atomic mass is 9.90. The summed E-state index contributed by atoms with van der Waals surface area (Å²) in [6.45, 7) is 2.04. The second kappa shape index (κ2) is 5.56. The quantitative estimate of drug-likeness (QED) is 0.691. The third-order valence-electron chi connectivity index (χ3n) is 2.67. The first-order chi connectivity index (χ1) is 7.25. The summed E-state index contributed by atoms with van der Waals surface area (Å²) in [5.74, 6) is 0. The van der Waals surface area contributed by atoms with Gasteiger partial charge in [-0.15, -0.1) is 0 Å². The van der Waals surface area contributed by atoms with Crippen LogP contribution in [0.2, 0.25) is 0 Å². The molecule has 2 nitrogen and oxygen atoms in total. The highest BCUT2D eigenvalue weighted by atomic mass is 14.5. The van der Waals surface area contributed by atoms with E-state index in [0.29, 0.717) is 0 Å². The zero-order valence-electron chi connectivity index (χ0n) is 9.59. The van der Waals surface area contributed by atoms with Crippen LogP contribution in [0.4, 0.5) is 5.69 Å². The summed E-state index contributed by atoms with van der Waals surface area (Å²) in [4.78, 5) is 0. The highest BCUT2D eigenvalue weighted by Gasteiger charge is 2.07. The van der Waals surface area contributed by atoms with Crippen LogP contribution < -0.4 is 11.5 Å². The van der Waals surface area contributed by atoms with E-state index in [0.717, 1.165) is 11.3 Å². The van der Waals surface area contributed by atoms with Crippen molar-refractivity contribution in [2.24, 2.45) is 5.73 Å². The van der Waals surface area contributed by atoms with Gasteiger partial charge in [0.15, 0.2) is 0 Å². The molecule has 0 bridgehead atoms. The molecule has 0 aromatic heterocycles. The maximum absolute atomic E-state index is 5.83. The van der Waals surface area contributed by atoms with Gasteiger partial charge in [-0.05, 0) is 50.4 Å². The molecule has 0 saturated heterocycles. The zero-order valence-corrected chi connectivity index (χ0v) is 9.59. The number of allylic oxidation sites excluding steroid dienone is 1. The van der Waals surface area contributed by atoms with Crippen molar-refractivity contribution in [3.05, 3.63) is 34.9 Å². The van der Waals surface area contributed by atoms with Crippen molar-refractivity contribution >= 4 is 11.8 Å². The van der Waals surface area contributed by atoms with Crippen molar-refractivity contribution in [2.45, 2.75) is 26.2 Å². The molecule has 0 atom stereocenters. The fourth-order valence-corrected chi connectivity index (χ4v) is 1.51. The summed E-state index contributed by atoms with van der Waals surface area (Å²) < 4.78 is 0. The SMILES string of the molecule is CN.Cc1ccc(C=C2CCC2)cc1N. The molecule has 1 aromatic carbocycles. The van der Waals surface area contributed by atoms with E-state index in [9.17, 15) is 0 Å². The lowest BCUT2D eigenvalue weighted by molar-refractivity contribution is 0.670. The second-order valence-electron chi connectivity index (χ2n) is 3.77. The predicted octanol–water partition coefficient (Wildman–Crippen LogP) is 2.72. The molecule has 0 unspecified atom stereocenters. The van der Waals surface area contributed by atoms with E-state index in [1.165, 1.54) is 31.9 Å². The Bertz CT molecular complexity index is 348. The van der Waals surface area contributed by atoms with Gasteiger partial charge in [0.25, 0.3) is 0 Å². The largest absolute Gasteiger partial charge is 0.398 e. The zero-order chi connectivity index (χ0) is 11.3. The average molecular weight is 204 g/mol. The van der Waals surface area contributed by atoms with Gasteiger partial charge in [-0.2, -0.15) is 0 Å². The van der Waals surface area contributed by atoms with Gasteiger partial charge < -0.3 is 11.5 Å². The van der Waals surface area contributed by atoms with Crippen molar-refractivity contribution < 1.29 is 0 Å². The molecule has 0 spiro atoms. The Morgan fingerprint density at radius 2 is 1.87 bits per heavy atom. The number of hydrogen-bond donors (Lipinski definition) is 2. The molecule has 1 fully saturated rings. The molecule has 2 rings (SSSR count). The first-order valence-electron chi connectivity index (χ1n) is 5.39. The van der Waals surface area contributed by atoms with Crippen LogP contribution in [-0.2, 0) is 0 Å². The van der Waals surface area contributed by atoms with Crippen LogP contribution in [0.15, 0.2) is 23.8 Å². The third-order valence-corrected chi connectivity index (χ3v) is 2.67. The summed E-state index contributed by atoms with van der Waals surface area (Å²) in [6, 6.07) is 6.28. The smallest absolute Gasteiger partial charge is 0.0349 e. The van der Waals surface area contributed by atoms with Crippen molar-refractivity contribution in [3.8, 4) is 0 Å². The van der Waals surface area contributed by atoms with Crippen LogP contribution in [-0.4, -0.2) is 7.05 Å². The van der Waals surface area contributed by atoms with Crippen LogP contribution in [0.1, 0.15) is 30.4 Å². The molecule has 1 aliphatic rings. The summed E-state index contributed by atoms with van der Waals surface area (Å²) in [7, 11) is 1.50. The molecule has 1 aliphatic carbocycles. The molecule has 0 radical (unpaired) electrons. The first kappa shape index (κ1) is 11.8. The molecule has 2 heteroatoms.